The first-order valence-electron chi connectivity index (χ1n) is 17.3. The molecule has 0 radical (unpaired) electrons. The second kappa shape index (κ2) is 19.8. The van der Waals surface area contributed by atoms with E-state index in [2.05, 4.69) is 27.3 Å². The molecule has 1 fully saturated rings. The molecule has 0 atom stereocenters. The molecule has 0 saturated heterocycles. The van der Waals surface area contributed by atoms with Crippen molar-refractivity contribution in [2.45, 2.75) is 44.8 Å². The minimum Gasteiger partial charge on any atom is -0.508 e. The summed E-state index contributed by atoms with van der Waals surface area (Å²) in [5, 5.41) is 19.9. The van der Waals surface area contributed by atoms with Gasteiger partial charge in [0.05, 0.1) is 0 Å². The molecule has 0 unspecified atom stereocenters. The molecule has 0 bridgehead atoms. The number of phenols is 1. The topological polar surface area (TPSA) is 133 Å². The Bertz CT molecular complexity index is 1840. The lowest BCUT2D eigenvalue weighted by Crippen LogP contribution is -2.32. The van der Waals surface area contributed by atoms with Crippen LogP contribution in [0.2, 0.25) is 0 Å². The van der Waals surface area contributed by atoms with Crippen LogP contribution in [0.4, 0.5) is 13.2 Å². The smallest absolute Gasteiger partial charge is 0.490 e. The highest BCUT2D eigenvalue weighted by Gasteiger charge is 2.38. The Balaban J connectivity index is 0.000000815. The summed E-state index contributed by atoms with van der Waals surface area (Å²) in [6.07, 6.45) is 3.54. The van der Waals surface area contributed by atoms with Crippen molar-refractivity contribution in [3.05, 3.63) is 130 Å². The number of phenolic OH excluding ortho intramolecular Hbond substituents is 1. The number of nitrogens with one attached hydrogen (secondary N) is 1. The Hall–Kier alpha value is -4.94. The number of nitrogens with two attached hydrogens (primary N) is 1. The average Bonchev–Trinajstić information content (AvgIpc) is 3.16. The lowest BCUT2D eigenvalue weighted by atomic mass is 9.82. The van der Waals surface area contributed by atoms with E-state index in [1.807, 2.05) is 89.8 Å². The number of carbonyl (C=O) groups excluding carboxylic acids is 2. The Morgan fingerprint density at radius 1 is 0.849 bits per heavy atom. The number of alkyl halides is 3. The quantitative estimate of drug-likeness (QED) is 0.107. The van der Waals surface area contributed by atoms with Crippen molar-refractivity contribution in [3.63, 3.8) is 0 Å². The molecular formula is C41H43BrF3N3O5. The maximum Gasteiger partial charge on any atom is 0.490 e. The second-order valence-electron chi connectivity index (χ2n) is 13.0. The predicted octanol–water partition coefficient (Wildman–Crippen LogP) is 8.23. The third kappa shape index (κ3) is 13.5. The van der Waals surface area contributed by atoms with Gasteiger partial charge in [-0.25, -0.2) is 4.79 Å². The number of aliphatic carboxylic acids is 1. The highest BCUT2D eigenvalue weighted by atomic mass is 79.9. The molecule has 1 aliphatic carbocycles. The average molecular weight is 795 g/mol. The number of rotatable bonds is 12. The lowest BCUT2D eigenvalue weighted by molar-refractivity contribution is -0.192. The Kier molecular flexibility index (Phi) is 15.2. The fraction of sp³-hybridized carbons (Fsp3) is 0.293. The zero-order valence-electron chi connectivity index (χ0n) is 29.1. The van der Waals surface area contributed by atoms with Crippen molar-refractivity contribution in [2.75, 3.05) is 19.6 Å². The van der Waals surface area contributed by atoms with Crippen LogP contribution in [0, 0.1) is 11.8 Å². The molecule has 5 N–H and O–H groups in total. The summed E-state index contributed by atoms with van der Waals surface area (Å²) in [4.78, 5) is 37.3. The van der Waals surface area contributed by atoms with Crippen molar-refractivity contribution >= 4 is 39.8 Å². The molecule has 4 aromatic carbocycles. The number of hydrogen-bond donors (Lipinski definition) is 4. The third-order valence-corrected chi connectivity index (χ3v) is 9.59. The molecule has 53 heavy (non-hydrogen) atoms. The minimum atomic E-state index is -5.08. The standard InChI is InChI=1S/C39H42BrN3O3.C2HF3O2/c40-36-16-11-28(12-17-36)15-20-38(45)43(22-21-29-13-18-37(44)19-14-29)27-32-3-1-4-33(23-32)34-5-2-6-35(24-34)39(46)42-26-31-9-7-30(25-41)8-10-31;3-2(4,5)1(6)7/h1-6,11-20,23-24,30-31,44H,7-10,21-22,25-27,41H2,(H,42,46);(H,6,7)/b20-15+;. The van der Waals surface area contributed by atoms with E-state index >= 15 is 0 Å². The van der Waals surface area contributed by atoms with E-state index in [4.69, 9.17) is 15.6 Å². The van der Waals surface area contributed by atoms with E-state index < -0.39 is 12.1 Å². The molecule has 12 heteroatoms. The summed E-state index contributed by atoms with van der Waals surface area (Å²) in [6, 6.07) is 30.8. The predicted molar refractivity (Wildman–Crippen MR) is 203 cm³/mol. The van der Waals surface area contributed by atoms with Crippen molar-refractivity contribution in [1.82, 2.24) is 10.2 Å². The highest BCUT2D eigenvalue weighted by Crippen LogP contribution is 2.28. The van der Waals surface area contributed by atoms with Crippen molar-refractivity contribution in [3.8, 4) is 16.9 Å². The maximum absolute atomic E-state index is 13.5. The van der Waals surface area contributed by atoms with Gasteiger partial charge < -0.3 is 26.2 Å². The molecule has 0 heterocycles. The third-order valence-electron chi connectivity index (χ3n) is 9.06. The van der Waals surface area contributed by atoms with Crippen LogP contribution in [0.1, 0.15) is 52.7 Å². The van der Waals surface area contributed by atoms with Crippen LogP contribution in [0.3, 0.4) is 0 Å². The van der Waals surface area contributed by atoms with E-state index in [0.29, 0.717) is 43.5 Å². The maximum atomic E-state index is 13.5. The molecule has 5 rings (SSSR count). The number of carbonyl (C=O) groups is 3. The number of nitrogens with zero attached hydrogens (tertiary/aromatic N) is 1. The summed E-state index contributed by atoms with van der Waals surface area (Å²) in [5.41, 5.74) is 11.4. The number of carboxylic acids is 1. The van der Waals surface area contributed by atoms with Crippen LogP contribution in [0.25, 0.3) is 17.2 Å². The van der Waals surface area contributed by atoms with Crippen molar-refractivity contribution in [2.24, 2.45) is 17.6 Å². The van der Waals surface area contributed by atoms with Gasteiger partial charge in [0.25, 0.3) is 5.91 Å². The molecule has 0 aromatic heterocycles. The van der Waals surface area contributed by atoms with Gasteiger partial charge in [0.1, 0.15) is 5.75 Å². The van der Waals surface area contributed by atoms with E-state index in [0.717, 1.165) is 64.5 Å². The monoisotopic (exact) mass is 793 g/mol. The summed E-state index contributed by atoms with van der Waals surface area (Å²) < 4.78 is 32.7. The van der Waals surface area contributed by atoms with Gasteiger partial charge in [-0.1, -0.05) is 70.5 Å². The number of amides is 2. The van der Waals surface area contributed by atoms with E-state index in [9.17, 15) is 27.9 Å². The van der Waals surface area contributed by atoms with Gasteiger partial charge >= 0.3 is 12.1 Å². The Labute approximate surface area is 315 Å². The normalized spacial score (nSPS) is 15.6. The molecule has 0 spiro atoms. The van der Waals surface area contributed by atoms with Crippen LogP contribution in [0.5, 0.6) is 5.75 Å². The number of carboxylic acid groups (broad SMARTS) is 1. The molecule has 280 valence electrons. The van der Waals surface area contributed by atoms with Crippen LogP contribution >= 0.6 is 15.9 Å². The largest absolute Gasteiger partial charge is 0.508 e. The molecule has 2 amide bonds. The fourth-order valence-corrected chi connectivity index (χ4v) is 6.23. The summed E-state index contributed by atoms with van der Waals surface area (Å²) >= 11 is 3.45. The summed E-state index contributed by atoms with van der Waals surface area (Å²) in [7, 11) is 0. The van der Waals surface area contributed by atoms with Crippen LogP contribution in [0.15, 0.2) is 108 Å². The zero-order valence-corrected chi connectivity index (χ0v) is 30.7. The number of aromatic hydroxyl groups is 1. The molecule has 8 nitrogen and oxygen atoms in total. The van der Waals surface area contributed by atoms with Gasteiger partial charge in [0, 0.05) is 35.7 Å². The fourth-order valence-electron chi connectivity index (χ4n) is 5.96. The minimum absolute atomic E-state index is 0.0532. The van der Waals surface area contributed by atoms with Crippen molar-refractivity contribution < 1.29 is 37.8 Å². The van der Waals surface area contributed by atoms with Gasteiger partial charge in [-0.3, -0.25) is 9.59 Å². The summed E-state index contributed by atoms with van der Waals surface area (Å²) in [5.74, 6) is -1.54. The lowest BCUT2D eigenvalue weighted by Gasteiger charge is -2.27. The Morgan fingerprint density at radius 2 is 1.45 bits per heavy atom. The zero-order chi connectivity index (χ0) is 38.4. The number of halogens is 4. The van der Waals surface area contributed by atoms with E-state index in [1.165, 1.54) is 0 Å². The molecule has 0 aliphatic heterocycles. The number of benzene rings is 4. The number of hydrogen-bond acceptors (Lipinski definition) is 5. The highest BCUT2D eigenvalue weighted by molar-refractivity contribution is 9.10. The van der Waals surface area contributed by atoms with Gasteiger partial charge in [0.2, 0.25) is 5.91 Å². The van der Waals surface area contributed by atoms with Gasteiger partial charge in [-0.15, -0.1) is 0 Å². The van der Waals surface area contributed by atoms with E-state index in [1.54, 1.807) is 18.2 Å². The molecule has 1 saturated carbocycles. The molecule has 1 aliphatic rings. The van der Waals surface area contributed by atoms with Crippen LogP contribution < -0.4 is 11.1 Å². The van der Waals surface area contributed by atoms with Gasteiger partial charge in [-0.05, 0) is 127 Å². The first-order valence-corrected chi connectivity index (χ1v) is 18.1. The van der Waals surface area contributed by atoms with Gasteiger partial charge in [0.15, 0.2) is 0 Å². The van der Waals surface area contributed by atoms with Crippen molar-refractivity contribution in [1.29, 1.82) is 0 Å². The first-order chi connectivity index (χ1) is 25.3. The van der Waals surface area contributed by atoms with Crippen LogP contribution in [-0.2, 0) is 22.6 Å². The van der Waals surface area contributed by atoms with E-state index in [-0.39, 0.29) is 17.6 Å². The molecular weight excluding hydrogens is 751 g/mol. The SMILES string of the molecule is NCC1CCC(CNC(=O)c2cccc(-c3cccc(CN(CCc4ccc(O)cc4)C(=O)/C=C/c4ccc(Br)cc4)c3)c2)CC1.O=C(O)C(F)(F)F. The van der Waals surface area contributed by atoms with Crippen LogP contribution in [-0.4, -0.2) is 58.7 Å². The Morgan fingerprint density at radius 3 is 2.08 bits per heavy atom. The first kappa shape index (κ1) is 40.8. The summed E-state index contributed by atoms with van der Waals surface area (Å²) in [6.45, 7) is 2.40. The van der Waals surface area contributed by atoms with Gasteiger partial charge in [-0.2, -0.15) is 13.2 Å². The molecule has 4 aromatic rings. The second-order valence-corrected chi connectivity index (χ2v) is 13.9.